The maximum absolute atomic E-state index is 5.31. The first-order valence-corrected chi connectivity index (χ1v) is 9.24. The van der Waals surface area contributed by atoms with E-state index >= 15 is 0 Å². The maximum atomic E-state index is 5.31. The Hall–Kier alpha value is -2.14. The molecule has 1 aromatic heterocycles. The van der Waals surface area contributed by atoms with Crippen molar-refractivity contribution in [2.45, 2.75) is 45.2 Å². The van der Waals surface area contributed by atoms with E-state index in [1.54, 1.807) is 7.11 Å². The van der Waals surface area contributed by atoms with Crippen molar-refractivity contribution in [1.29, 1.82) is 0 Å². The molecule has 1 saturated heterocycles. The number of aromatic nitrogens is 2. The van der Waals surface area contributed by atoms with Crippen LogP contribution in [0.15, 0.2) is 41.6 Å². The predicted octanol–water partition coefficient (Wildman–Crippen LogP) is 3.79. The molecule has 0 saturated carbocycles. The Kier molecular flexibility index (Phi) is 6.23. The van der Waals surface area contributed by atoms with Crippen molar-refractivity contribution < 1.29 is 4.74 Å². The minimum atomic E-state index is 0.391. The molecule has 0 N–H and O–H groups in total. The second-order valence-electron chi connectivity index (χ2n) is 6.54. The standard InChI is InChI=1S/C20H28N4O/c1-3-4-12-23-19(14-21-20(23)17-9-6-5-7-10-17)15-22-24-13-8-11-18(24)16-25-2/h5-7,9-10,14-15,18H,3-4,8,11-13,16H2,1-2H3. The monoisotopic (exact) mass is 340 g/mol. The van der Waals surface area contributed by atoms with Crippen molar-refractivity contribution in [3.05, 3.63) is 42.2 Å². The molecule has 3 rings (SSSR count). The van der Waals surface area contributed by atoms with Gasteiger partial charge < -0.3 is 9.30 Å². The second kappa shape index (κ2) is 8.81. The number of imidazole rings is 1. The highest BCUT2D eigenvalue weighted by atomic mass is 16.5. The fourth-order valence-electron chi connectivity index (χ4n) is 3.33. The van der Waals surface area contributed by atoms with Gasteiger partial charge in [0.25, 0.3) is 0 Å². The minimum Gasteiger partial charge on any atom is -0.382 e. The molecule has 2 aromatic rings. The van der Waals surface area contributed by atoms with E-state index in [9.17, 15) is 0 Å². The Balaban J connectivity index is 1.83. The first kappa shape index (κ1) is 17.7. The van der Waals surface area contributed by atoms with Crippen LogP contribution in [0.5, 0.6) is 0 Å². The SMILES string of the molecule is CCCCn1c(C=NN2CCCC2COC)cnc1-c1ccccc1. The summed E-state index contributed by atoms with van der Waals surface area (Å²) in [6, 6.07) is 10.8. The van der Waals surface area contributed by atoms with Gasteiger partial charge in [-0.25, -0.2) is 4.98 Å². The Labute approximate surface area is 150 Å². The van der Waals surface area contributed by atoms with E-state index in [0.29, 0.717) is 6.04 Å². The highest BCUT2D eigenvalue weighted by Crippen LogP contribution is 2.21. The molecule has 0 spiro atoms. The fraction of sp³-hybridized carbons (Fsp3) is 0.500. The van der Waals surface area contributed by atoms with Gasteiger partial charge in [0, 0.05) is 25.8 Å². The van der Waals surface area contributed by atoms with Crippen molar-refractivity contribution >= 4 is 6.21 Å². The molecule has 1 aliphatic heterocycles. The lowest BCUT2D eigenvalue weighted by Crippen LogP contribution is -2.28. The zero-order valence-corrected chi connectivity index (χ0v) is 15.3. The summed E-state index contributed by atoms with van der Waals surface area (Å²) in [7, 11) is 1.76. The van der Waals surface area contributed by atoms with Gasteiger partial charge in [-0.3, -0.25) is 5.01 Å². The van der Waals surface area contributed by atoms with Crippen molar-refractivity contribution in [2.24, 2.45) is 5.10 Å². The number of benzene rings is 1. The number of unbranched alkanes of at least 4 members (excludes halogenated alkanes) is 1. The quantitative estimate of drug-likeness (QED) is 0.687. The molecule has 1 aliphatic rings. The number of hydrogen-bond donors (Lipinski definition) is 0. The van der Waals surface area contributed by atoms with E-state index in [1.807, 2.05) is 18.5 Å². The van der Waals surface area contributed by atoms with Gasteiger partial charge >= 0.3 is 0 Å². The lowest BCUT2D eigenvalue weighted by Gasteiger charge is -2.20. The van der Waals surface area contributed by atoms with Crippen LogP contribution in [0.25, 0.3) is 11.4 Å². The van der Waals surface area contributed by atoms with Crippen molar-refractivity contribution in [3.8, 4) is 11.4 Å². The largest absolute Gasteiger partial charge is 0.382 e. The van der Waals surface area contributed by atoms with Gasteiger partial charge in [-0.05, 0) is 19.3 Å². The van der Waals surface area contributed by atoms with Gasteiger partial charge in [-0.2, -0.15) is 5.10 Å². The van der Waals surface area contributed by atoms with Crippen LogP contribution >= 0.6 is 0 Å². The summed E-state index contributed by atoms with van der Waals surface area (Å²) in [5.41, 5.74) is 2.21. The molecule has 5 heteroatoms. The van der Waals surface area contributed by atoms with E-state index in [4.69, 9.17) is 9.84 Å². The lowest BCUT2D eigenvalue weighted by atomic mass is 10.2. The molecule has 134 valence electrons. The molecule has 1 aromatic carbocycles. The zero-order valence-electron chi connectivity index (χ0n) is 15.3. The van der Waals surface area contributed by atoms with Gasteiger partial charge in [-0.1, -0.05) is 43.7 Å². The number of hydrazone groups is 1. The molecule has 2 heterocycles. The minimum absolute atomic E-state index is 0.391. The maximum Gasteiger partial charge on any atom is 0.140 e. The van der Waals surface area contributed by atoms with Gasteiger partial charge in [-0.15, -0.1) is 0 Å². The number of methoxy groups -OCH3 is 1. The van der Waals surface area contributed by atoms with Crippen molar-refractivity contribution in [2.75, 3.05) is 20.3 Å². The number of rotatable bonds is 8. The molecular weight excluding hydrogens is 312 g/mol. The van der Waals surface area contributed by atoms with Crippen LogP contribution in [0.2, 0.25) is 0 Å². The first-order chi connectivity index (χ1) is 12.3. The molecule has 1 atom stereocenters. The molecule has 1 fully saturated rings. The third-order valence-corrected chi connectivity index (χ3v) is 4.70. The van der Waals surface area contributed by atoms with Crippen LogP contribution in [-0.2, 0) is 11.3 Å². The Bertz CT molecular complexity index is 680. The third-order valence-electron chi connectivity index (χ3n) is 4.70. The number of hydrogen-bond acceptors (Lipinski definition) is 4. The van der Waals surface area contributed by atoms with Crippen LogP contribution in [0.3, 0.4) is 0 Å². The highest BCUT2D eigenvalue weighted by molar-refractivity contribution is 5.78. The van der Waals surface area contributed by atoms with Crippen LogP contribution in [0.4, 0.5) is 0 Å². The van der Waals surface area contributed by atoms with Gasteiger partial charge in [0.1, 0.15) is 5.82 Å². The molecule has 0 radical (unpaired) electrons. The van der Waals surface area contributed by atoms with E-state index in [1.165, 1.54) is 6.42 Å². The summed E-state index contributed by atoms with van der Waals surface area (Å²) < 4.78 is 7.60. The molecule has 0 amide bonds. The van der Waals surface area contributed by atoms with Crippen LogP contribution in [0, 0.1) is 0 Å². The zero-order chi connectivity index (χ0) is 17.5. The van der Waals surface area contributed by atoms with Crippen LogP contribution in [0.1, 0.15) is 38.3 Å². The molecule has 1 unspecified atom stereocenters. The predicted molar refractivity (Wildman–Crippen MR) is 102 cm³/mol. The summed E-state index contributed by atoms with van der Waals surface area (Å²) in [6.45, 7) is 4.91. The van der Waals surface area contributed by atoms with Crippen molar-refractivity contribution in [1.82, 2.24) is 14.6 Å². The Morgan fingerprint density at radius 2 is 2.16 bits per heavy atom. The fourth-order valence-corrected chi connectivity index (χ4v) is 3.33. The number of nitrogens with zero attached hydrogens (tertiary/aromatic N) is 4. The normalized spacial score (nSPS) is 17.7. The summed E-state index contributed by atoms with van der Waals surface area (Å²) in [5.74, 6) is 1.02. The van der Waals surface area contributed by atoms with Gasteiger partial charge in [0.2, 0.25) is 0 Å². The Morgan fingerprint density at radius 1 is 1.32 bits per heavy atom. The third kappa shape index (κ3) is 4.28. The topological polar surface area (TPSA) is 42.7 Å². The van der Waals surface area contributed by atoms with Crippen LogP contribution < -0.4 is 0 Å². The van der Waals surface area contributed by atoms with E-state index in [0.717, 1.165) is 56.0 Å². The van der Waals surface area contributed by atoms with Gasteiger partial charge in [0.05, 0.1) is 30.8 Å². The average Bonchev–Trinajstić information content (AvgIpc) is 3.26. The van der Waals surface area contributed by atoms with E-state index < -0.39 is 0 Å². The first-order valence-electron chi connectivity index (χ1n) is 9.24. The second-order valence-corrected chi connectivity index (χ2v) is 6.54. The highest BCUT2D eigenvalue weighted by Gasteiger charge is 2.22. The van der Waals surface area contributed by atoms with E-state index in [-0.39, 0.29) is 0 Å². The van der Waals surface area contributed by atoms with Gasteiger partial charge in [0.15, 0.2) is 0 Å². The smallest absolute Gasteiger partial charge is 0.140 e. The number of ether oxygens (including phenoxy) is 1. The molecule has 5 nitrogen and oxygen atoms in total. The Morgan fingerprint density at radius 3 is 2.92 bits per heavy atom. The molecular formula is C20H28N4O. The summed E-state index contributed by atoms with van der Waals surface area (Å²) in [5, 5.41) is 6.89. The average molecular weight is 340 g/mol. The molecule has 0 aliphatic carbocycles. The summed E-state index contributed by atoms with van der Waals surface area (Å²) in [4.78, 5) is 4.67. The summed E-state index contributed by atoms with van der Waals surface area (Å²) >= 11 is 0. The summed E-state index contributed by atoms with van der Waals surface area (Å²) in [6.07, 6.45) is 8.51. The lowest BCUT2D eigenvalue weighted by molar-refractivity contribution is 0.118. The van der Waals surface area contributed by atoms with E-state index in [2.05, 4.69) is 45.7 Å². The van der Waals surface area contributed by atoms with Crippen molar-refractivity contribution in [3.63, 3.8) is 0 Å². The van der Waals surface area contributed by atoms with Crippen LogP contribution in [-0.4, -0.2) is 47.1 Å². The molecule has 25 heavy (non-hydrogen) atoms. The molecule has 0 bridgehead atoms.